The lowest BCUT2D eigenvalue weighted by Gasteiger charge is -2.15. The Bertz CT molecular complexity index is 1630. The molecule has 0 spiro atoms. The van der Waals surface area contributed by atoms with Gasteiger partial charge < -0.3 is 9.13 Å². The minimum absolute atomic E-state index is 0.105. The molecule has 0 aliphatic carbocycles. The number of carbonyl (C=O) groups is 1. The van der Waals surface area contributed by atoms with Crippen LogP contribution in [0.15, 0.2) is 83.7 Å². The van der Waals surface area contributed by atoms with Crippen molar-refractivity contribution in [3.8, 4) is 11.1 Å². The molecular formula is C27H20ClN3O2. The number of fused-ring (bicyclic) bond motifs is 2. The highest BCUT2D eigenvalue weighted by Crippen LogP contribution is 2.32. The summed E-state index contributed by atoms with van der Waals surface area (Å²) >= 11 is 6.30. The van der Waals surface area contributed by atoms with Crippen LogP contribution in [-0.4, -0.2) is 19.9 Å². The summed E-state index contributed by atoms with van der Waals surface area (Å²) < 4.78 is 3.41. The van der Waals surface area contributed by atoms with Gasteiger partial charge >= 0.3 is 0 Å². The number of hydrogen-bond acceptors (Lipinski definition) is 3. The SMILES string of the molecule is Cn1c(/C=C/C(=O)c2c(-c3ccccc3)c3cc(Cl)ccc3n(C)c2=O)nc2ccccc21. The first-order chi connectivity index (χ1) is 16.0. The summed E-state index contributed by atoms with van der Waals surface area (Å²) in [5.74, 6) is 0.245. The zero-order valence-corrected chi connectivity index (χ0v) is 18.9. The molecule has 0 atom stereocenters. The zero-order valence-electron chi connectivity index (χ0n) is 18.1. The van der Waals surface area contributed by atoms with Crippen molar-refractivity contribution in [3.05, 3.63) is 106 Å². The van der Waals surface area contributed by atoms with Crippen LogP contribution in [0, 0.1) is 0 Å². The van der Waals surface area contributed by atoms with Gasteiger partial charge in [0.1, 0.15) is 5.82 Å². The van der Waals surface area contributed by atoms with Crippen LogP contribution in [0.3, 0.4) is 0 Å². The molecule has 0 bridgehead atoms. The lowest BCUT2D eigenvalue weighted by atomic mass is 9.93. The molecule has 33 heavy (non-hydrogen) atoms. The fourth-order valence-electron chi connectivity index (χ4n) is 4.20. The molecular weight excluding hydrogens is 434 g/mol. The third-order valence-electron chi connectivity index (χ3n) is 5.87. The molecule has 0 amide bonds. The van der Waals surface area contributed by atoms with E-state index in [4.69, 9.17) is 11.6 Å². The standard InChI is InChI=1S/C27H20ClN3O2/c1-30-22-11-7-6-10-20(22)29-24(30)15-14-23(32)26-25(17-8-4-3-5-9-17)19-16-18(28)12-13-21(19)31(2)27(26)33/h3-16H,1-2H3/b15-14+. The second kappa shape index (κ2) is 8.19. The first kappa shape index (κ1) is 20.9. The van der Waals surface area contributed by atoms with Crippen molar-refractivity contribution >= 4 is 45.4 Å². The van der Waals surface area contributed by atoms with Gasteiger partial charge in [-0.3, -0.25) is 9.59 Å². The molecule has 3 aromatic carbocycles. The summed E-state index contributed by atoms with van der Waals surface area (Å²) in [6.07, 6.45) is 3.07. The Morgan fingerprint density at radius 1 is 0.909 bits per heavy atom. The second-order valence-electron chi connectivity index (χ2n) is 7.86. The number of aryl methyl sites for hydroxylation is 2. The molecule has 0 saturated carbocycles. The zero-order chi connectivity index (χ0) is 23.1. The first-order valence-electron chi connectivity index (χ1n) is 10.5. The Hall–Kier alpha value is -3.96. The topological polar surface area (TPSA) is 56.9 Å². The monoisotopic (exact) mass is 453 g/mol. The molecule has 0 aliphatic heterocycles. The van der Waals surface area contributed by atoms with E-state index in [1.807, 2.05) is 66.2 Å². The van der Waals surface area contributed by atoms with Gasteiger partial charge in [-0.2, -0.15) is 0 Å². The summed E-state index contributed by atoms with van der Waals surface area (Å²) in [6, 6.07) is 22.5. The van der Waals surface area contributed by atoms with E-state index in [0.29, 0.717) is 21.9 Å². The summed E-state index contributed by atoms with van der Waals surface area (Å²) in [5.41, 5.74) is 3.62. The number of hydrogen-bond donors (Lipinski definition) is 0. The number of imidazole rings is 1. The van der Waals surface area contributed by atoms with Crippen molar-refractivity contribution < 1.29 is 4.79 Å². The maximum absolute atomic E-state index is 13.5. The Labute approximate surface area is 195 Å². The van der Waals surface area contributed by atoms with Crippen LogP contribution in [-0.2, 0) is 14.1 Å². The number of allylic oxidation sites excluding steroid dienone is 1. The lowest BCUT2D eigenvalue weighted by molar-refractivity contribution is 0.104. The Morgan fingerprint density at radius 3 is 2.39 bits per heavy atom. The highest BCUT2D eigenvalue weighted by Gasteiger charge is 2.21. The van der Waals surface area contributed by atoms with E-state index in [2.05, 4.69) is 4.98 Å². The van der Waals surface area contributed by atoms with Crippen LogP contribution in [0.1, 0.15) is 16.2 Å². The average Bonchev–Trinajstić information content (AvgIpc) is 3.15. The van der Waals surface area contributed by atoms with Crippen LogP contribution in [0.2, 0.25) is 5.02 Å². The number of benzene rings is 3. The van der Waals surface area contributed by atoms with Gasteiger partial charge in [-0.15, -0.1) is 0 Å². The largest absolute Gasteiger partial charge is 0.328 e. The molecule has 5 rings (SSSR count). The lowest BCUT2D eigenvalue weighted by Crippen LogP contribution is -2.25. The molecule has 2 heterocycles. The molecule has 5 nitrogen and oxygen atoms in total. The number of carbonyl (C=O) groups excluding carboxylic acids is 1. The Morgan fingerprint density at radius 2 is 1.64 bits per heavy atom. The van der Waals surface area contributed by atoms with Gasteiger partial charge in [-0.05, 0) is 48.0 Å². The van der Waals surface area contributed by atoms with Crippen LogP contribution >= 0.6 is 11.6 Å². The highest BCUT2D eigenvalue weighted by atomic mass is 35.5. The normalized spacial score (nSPS) is 11.6. The van der Waals surface area contributed by atoms with E-state index < -0.39 is 0 Å². The van der Waals surface area contributed by atoms with Crippen LogP contribution in [0.4, 0.5) is 0 Å². The van der Waals surface area contributed by atoms with Gasteiger partial charge in [0.05, 0.1) is 22.1 Å². The van der Waals surface area contributed by atoms with E-state index in [-0.39, 0.29) is 16.9 Å². The minimum Gasteiger partial charge on any atom is -0.328 e. The van der Waals surface area contributed by atoms with Crippen LogP contribution in [0.25, 0.3) is 39.1 Å². The molecule has 0 radical (unpaired) electrons. The molecule has 162 valence electrons. The number of para-hydroxylation sites is 2. The smallest absolute Gasteiger partial charge is 0.262 e. The van der Waals surface area contributed by atoms with E-state index in [1.165, 1.54) is 10.6 Å². The van der Waals surface area contributed by atoms with E-state index in [0.717, 1.165) is 22.0 Å². The maximum Gasteiger partial charge on any atom is 0.262 e. The van der Waals surface area contributed by atoms with E-state index >= 15 is 0 Å². The van der Waals surface area contributed by atoms with Gasteiger partial charge in [0, 0.05) is 30.1 Å². The number of nitrogens with zero attached hydrogens (tertiary/aromatic N) is 3. The second-order valence-corrected chi connectivity index (χ2v) is 8.29. The van der Waals surface area contributed by atoms with Crippen LogP contribution < -0.4 is 5.56 Å². The maximum atomic E-state index is 13.5. The molecule has 0 saturated heterocycles. The van der Waals surface area contributed by atoms with Crippen molar-refractivity contribution in [1.82, 2.24) is 14.1 Å². The quantitative estimate of drug-likeness (QED) is 0.261. The molecule has 5 aromatic rings. The summed E-state index contributed by atoms with van der Waals surface area (Å²) in [4.78, 5) is 31.4. The number of aromatic nitrogens is 3. The van der Waals surface area contributed by atoms with E-state index in [1.54, 1.807) is 31.3 Å². The fourth-order valence-corrected chi connectivity index (χ4v) is 4.37. The molecule has 6 heteroatoms. The highest BCUT2D eigenvalue weighted by molar-refractivity contribution is 6.31. The number of rotatable bonds is 4. The number of ketones is 1. The molecule has 0 N–H and O–H groups in total. The molecule has 0 aliphatic rings. The van der Waals surface area contributed by atoms with Crippen molar-refractivity contribution in [2.75, 3.05) is 0 Å². The van der Waals surface area contributed by atoms with Crippen molar-refractivity contribution in [2.45, 2.75) is 0 Å². The van der Waals surface area contributed by atoms with Gasteiger partial charge in [-0.25, -0.2) is 4.98 Å². The van der Waals surface area contributed by atoms with Gasteiger partial charge in [0.15, 0.2) is 5.78 Å². The van der Waals surface area contributed by atoms with Crippen LogP contribution in [0.5, 0.6) is 0 Å². The summed E-state index contributed by atoms with van der Waals surface area (Å²) in [7, 11) is 3.56. The van der Waals surface area contributed by atoms with Gasteiger partial charge in [0.25, 0.3) is 5.56 Å². The first-order valence-corrected chi connectivity index (χ1v) is 10.8. The summed E-state index contributed by atoms with van der Waals surface area (Å²) in [6.45, 7) is 0. The number of pyridine rings is 1. The van der Waals surface area contributed by atoms with Crippen molar-refractivity contribution in [1.29, 1.82) is 0 Å². The minimum atomic E-state index is -0.386. The molecule has 0 unspecified atom stereocenters. The Balaban J connectivity index is 1.72. The van der Waals surface area contributed by atoms with Crippen molar-refractivity contribution in [2.24, 2.45) is 14.1 Å². The number of halogens is 1. The van der Waals surface area contributed by atoms with E-state index in [9.17, 15) is 9.59 Å². The predicted molar refractivity (Wildman–Crippen MR) is 134 cm³/mol. The molecule has 0 fully saturated rings. The van der Waals surface area contributed by atoms with Crippen molar-refractivity contribution in [3.63, 3.8) is 0 Å². The summed E-state index contributed by atoms with van der Waals surface area (Å²) in [5, 5.41) is 1.28. The van der Waals surface area contributed by atoms with Gasteiger partial charge in [-0.1, -0.05) is 54.1 Å². The fraction of sp³-hybridized carbons (Fsp3) is 0.0741. The molecule has 2 aromatic heterocycles. The van der Waals surface area contributed by atoms with Gasteiger partial charge in [0.2, 0.25) is 0 Å². The predicted octanol–water partition coefficient (Wildman–Crippen LogP) is 5.64. The third-order valence-corrected chi connectivity index (χ3v) is 6.11. The average molecular weight is 454 g/mol. The third kappa shape index (κ3) is 3.56. The Kier molecular flexibility index (Phi) is 5.19.